The van der Waals surface area contributed by atoms with E-state index in [-0.39, 0.29) is 0 Å². The van der Waals surface area contributed by atoms with Gasteiger partial charge < -0.3 is 0 Å². The van der Waals surface area contributed by atoms with Crippen LogP contribution in [0.15, 0.2) is 18.2 Å². The molecule has 0 aliphatic heterocycles. The number of nitrogen functional groups attached to an aromatic ring is 1. The molecule has 2 N–H and O–H groups in total. The van der Waals surface area contributed by atoms with Gasteiger partial charge in [-0.25, -0.2) is 0 Å². The van der Waals surface area contributed by atoms with E-state index in [1.165, 1.54) is 0 Å². The molecule has 9 heavy (non-hydrogen) atoms. The SMILES string of the molecule is Cc1cccc(C)c1[NH2+]. The van der Waals surface area contributed by atoms with Gasteiger partial charge in [0.1, 0.15) is 0 Å². The minimum Gasteiger partial charge on any atom is -0.159 e. The summed E-state index contributed by atoms with van der Waals surface area (Å²) in [5, 5.41) is 0. The molecular weight excluding hydrogens is 110 g/mol. The minimum absolute atomic E-state index is 0.914. The third-order valence-electron chi connectivity index (χ3n) is 1.54. The molecule has 0 saturated carbocycles. The van der Waals surface area contributed by atoms with Crippen molar-refractivity contribution in [1.29, 1.82) is 0 Å². The highest BCUT2D eigenvalue weighted by molar-refractivity contribution is 5.44. The third-order valence-corrected chi connectivity index (χ3v) is 1.54. The second-order valence-electron chi connectivity index (χ2n) is 2.31. The van der Waals surface area contributed by atoms with Gasteiger partial charge in [-0.3, -0.25) is 0 Å². The Hall–Kier alpha value is -0.820. The van der Waals surface area contributed by atoms with Crippen LogP contribution in [0.3, 0.4) is 0 Å². The molecule has 1 heteroatoms. The van der Waals surface area contributed by atoms with Gasteiger partial charge in [-0.2, -0.15) is 5.73 Å². The Kier molecular flexibility index (Phi) is 1.54. The zero-order valence-electron chi connectivity index (χ0n) is 5.81. The van der Waals surface area contributed by atoms with Gasteiger partial charge in [0.05, 0.1) is 0 Å². The smallest absolute Gasteiger partial charge is 0.159 e. The van der Waals surface area contributed by atoms with Crippen LogP contribution in [0.1, 0.15) is 11.1 Å². The van der Waals surface area contributed by atoms with Crippen LogP contribution in [0.4, 0.5) is 5.69 Å². The summed E-state index contributed by atoms with van der Waals surface area (Å²) < 4.78 is 0. The Bertz CT molecular complexity index is 196. The van der Waals surface area contributed by atoms with E-state index >= 15 is 0 Å². The molecule has 1 nitrogen and oxygen atoms in total. The van der Waals surface area contributed by atoms with Crippen molar-refractivity contribution in [3.8, 4) is 0 Å². The van der Waals surface area contributed by atoms with Crippen LogP contribution >= 0.6 is 0 Å². The molecule has 47 valence electrons. The first-order chi connectivity index (χ1) is 4.22. The van der Waals surface area contributed by atoms with Crippen LogP contribution in [-0.4, -0.2) is 0 Å². The number of rotatable bonds is 0. The second kappa shape index (κ2) is 2.19. The summed E-state index contributed by atoms with van der Waals surface area (Å²) in [6.07, 6.45) is 0. The van der Waals surface area contributed by atoms with E-state index in [9.17, 15) is 0 Å². The van der Waals surface area contributed by atoms with Crippen molar-refractivity contribution in [2.75, 3.05) is 0 Å². The van der Waals surface area contributed by atoms with Crippen LogP contribution in [-0.2, 0) is 0 Å². The summed E-state index contributed by atoms with van der Waals surface area (Å²) in [5.41, 5.74) is 8.92. The van der Waals surface area contributed by atoms with Gasteiger partial charge in [0.25, 0.3) is 0 Å². The van der Waals surface area contributed by atoms with Gasteiger partial charge in [-0.1, -0.05) is 18.2 Å². The number of anilines is 1. The van der Waals surface area contributed by atoms with Crippen LogP contribution in [0.25, 0.3) is 0 Å². The van der Waals surface area contributed by atoms with E-state index < -0.39 is 0 Å². The normalized spacial score (nSPS) is 9.67. The van der Waals surface area contributed by atoms with Crippen molar-refractivity contribution in [1.82, 2.24) is 0 Å². The van der Waals surface area contributed by atoms with E-state index in [0.29, 0.717) is 0 Å². The lowest BCUT2D eigenvalue weighted by atomic mass is 10.1. The fourth-order valence-corrected chi connectivity index (χ4v) is 0.827. The number of benzene rings is 1. The van der Waals surface area contributed by atoms with Crippen LogP contribution in [0.5, 0.6) is 0 Å². The Labute approximate surface area is 55.5 Å². The standard InChI is InChI=1S/C8H11N/c1-6-4-3-5-7(2)8(6)9/h3-5H,9H2,1-2H3/q+1. The maximum absolute atomic E-state index is 5.68. The summed E-state index contributed by atoms with van der Waals surface area (Å²) in [5.74, 6) is 0. The van der Waals surface area contributed by atoms with Gasteiger partial charge in [0.15, 0.2) is 5.69 Å². The van der Waals surface area contributed by atoms with E-state index in [1.54, 1.807) is 0 Å². The first kappa shape index (κ1) is 6.30. The zero-order valence-corrected chi connectivity index (χ0v) is 5.81. The summed E-state index contributed by atoms with van der Waals surface area (Å²) >= 11 is 0. The monoisotopic (exact) mass is 121 g/mol. The fourth-order valence-electron chi connectivity index (χ4n) is 0.827. The van der Waals surface area contributed by atoms with Gasteiger partial charge in [0, 0.05) is 11.1 Å². The lowest BCUT2D eigenvalue weighted by molar-refractivity contribution is -0.256. The molecular formula is C8H11N+. The van der Waals surface area contributed by atoms with E-state index in [0.717, 1.165) is 16.8 Å². The molecule has 0 atom stereocenters. The predicted molar refractivity (Wildman–Crippen MR) is 37.5 cm³/mol. The molecule has 0 spiro atoms. The number of hydrogen-bond acceptors (Lipinski definition) is 1. The average Bonchev–Trinajstić information content (AvgIpc) is 1.83. The highest BCUT2D eigenvalue weighted by Crippen LogP contribution is 2.11. The maximum atomic E-state index is 5.68. The Balaban J connectivity index is 3.25. The highest BCUT2D eigenvalue weighted by Gasteiger charge is 1.99. The summed E-state index contributed by atoms with van der Waals surface area (Å²) in [7, 11) is 0. The molecule has 0 heterocycles. The van der Waals surface area contributed by atoms with Crippen molar-refractivity contribution in [2.45, 2.75) is 13.8 Å². The molecule has 0 aliphatic carbocycles. The molecule has 1 aromatic rings. The lowest BCUT2D eigenvalue weighted by Crippen LogP contribution is -2.42. The lowest BCUT2D eigenvalue weighted by Gasteiger charge is -1.93. The molecule has 1 rings (SSSR count). The Morgan fingerprint density at radius 3 is 1.89 bits per heavy atom. The topological polar surface area (TPSA) is 25.3 Å². The molecule has 0 amide bonds. The van der Waals surface area contributed by atoms with Crippen molar-refractivity contribution >= 4 is 5.69 Å². The summed E-state index contributed by atoms with van der Waals surface area (Å²) in [4.78, 5) is 0. The van der Waals surface area contributed by atoms with Gasteiger partial charge in [-0.15, -0.1) is 0 Å². The number of para-hydroxylation sites is 1. The molecule has 0 saturated heterocycles. The van der Waals surface area contributed by atoms with E-state index in [2.05, 4.69) is 0 Å². The van der Waals surface area contributed by atoms with Crippen molar-refractivity contribution in [2.24, 2.45) is 0 Å². The van der Waals surface area contributed by atoms with Crippen LogP contribution < -0.4 is 5.73 Å². The predicted octanol–water partition coefficient (Wildman–Crippen LogP) is 0.963. The number of aryl methyl sites for hydroxylation is 2. The first-order valence-electron chi connectivity index (χ1n) is 3.03. The highest BCUT2D eigenvalue weighted by atomic mass is 14.6. The molecule has 0 bridgehead atoms. The van der Waals surface area contributed by atoms with Gasteiger partial charge in [-0.05, 0) is 13.8 Å². The van der Waals surface area contributed by atoms with E-state index in [4.69, 9.17) is 5.73 Å². The molecule has 0 unspecified atom stereocenters. The van der Waals surface area contributed by atoms with Crippen molar-refractivity contribution in [3.05, 3.63) is 29.3 Å². The minimum atomic E-state index is 0.914. The van der Waals surface area contributed by atoms with Crippen LogP contribution in [0, 0.1) is 13.8 Å². The Morgan fingerprint density at radius 1 is 1.11 bits per heavy atom. The first-order valence-corrected chi connectivity index (χ1v) is 3.03. The summed E-state index contributed by atoms with van der Waals surface area (Å²) in [6.45, 7) is 4.03. The van der Waals surface area contributed by atoms with Crippen molar-refractivity contribution < 1.29 is 5.73 Å². The quantitative estimate of drug-likeness (QED) is 0.495. The van der Waals surface area contributed by atoms with Crippen LogP contribution in [0.2, 0.25) is 0 Å². The molecule has 1 radical (unpaired) electrons. The fraction of sp³-hybridized carbons (Fsp3) is 0.250. The number of nitrogens with two attached hydrogens (primary N) is 1. The molecule has 1 aromatic carbocycles. The molecule has 0 aliphatic rings. The van der Waals surface area contributed by atoms with Crippen molar-refractivity contribution in [3.63, 3.8) is 0 Å². The molecule has 0 aromatic heterocycles. The second-order valence-corrected chi connectivity index (χ2v) is 2.31. The van der Waals surface area contributed by atoms with Gasteiger partial charge >= 0.3 is 0 Å². The zero-order chi connectivity index (χ0) is 6.85. The Morgan fingerprint density at radius 2 is 1.56 bits per heavy atom. The maximum Gasteiger partial charge on any atom is 0.182 e. The number of hydrogen-bond donors (Lipinski definition) is 1. The average molecular weight is 121 g/mol. The van der Waals surface area contributed by atoms with Gasteiger partial charge in [0.2, 0.25) is 0 Å². The summed E-state index contributed by atoms with van der Waals surface area (Å²) in [6, 6.07) is 6.05. The largest absolute Gasteiger partial charge is 0.182 e. The third kappa shape index (κ3) is 1.11. The molecule has 0 fully saturated rings. The van der Waals surface area contributed by atoms with E-state index in [1.807, 2.05) is 32.0 Å².